The molecular weight excluding hydrogens is 442 g/mol. The van der Waals surface area contributed by atoms with Crippen molar-refractivity contribution in [3.63, 3.8) is 0 Å². The van der Waals surface area contributed by atoms with Gasteiger partial charge in [0.15, 0.2) is 0 Å². The van der Waals surface area contributed by atoms with Crippen LogP contribution in [0.3, 0.4) is 0 Å². The highest BCUT2D eigenvalue weighted by Crippen LogP contribution is 2.33. The lowest BCUT2D eigenvalue weighted by molar-refractivity contribution is 0.0920. The van der Waals surface area contributed by atoms with Crippen molar-refractivity contribution in [2.75, 3.05) is 43.4 Å². The molecule has 3 aromatic rings. The van der Waals surface area contributed by atoms with E-state index in [2.05, 4.69) is 15.2 Å². The Morgan fingerprint density at radius 3 is 2.76 bits per heavy atom. The number of aromatic nitrogens is 1. The molecule has 10 heteroatoms. The van der Waals surface area contributed by atoms with Crippen LogP contribution in [0.15, 0.2) is 30.3 Å². The molecule has 33 heavy (non-hydrogen) atoms. The monoisotopic (exact) mass is 467 g/mol. The van der Waals surface area contributed by atoms with Gasteiger partial charge in [-0.3, -0.25) is 4.79 Å². The van der Waals surface area contributed by atoms with E-state index in [1.165, 1.54) is 16.2 Å². The quantitative estimate of drug-likeness (QED) is 0.542. The lowest BCUT2D eigenvalue weighted by Gasteiger charge is -2.35. The molecule has 5 rings (SSSR count). The third-order valence-corrected chi connectivity index (χ3v) is 7.26. The van der Waals surface area contributed by atoms with Crippen LogP contribution in [-0.2, 0) is 6.42 Å². The summed E-state index contributed by atoms with van der Waals surface area (Å²) < 4.78 is 5.98. The van der Waals surface area contributed by atoms with E-state index in [4.69, 9.17) is 15.6 Å². The number of nitrogens with zero attached hydrogens (tertiary/aromatic N) is 3. The molecule has 1 aromatic carbocycles. The second-order valence-corrected chi connectivity index (χ2v) is 9.38. The minimum atomic E-state index is -0.875. The fourth-order valence-corrected chi connectivity index (χ4v) is 5.36. The van der Waals surface area contributed by atoms with Gasteiger partial charge in [-0.1, -0.05) is 6.07 Å². The first-order valence-electron chi connectivity index (χ1n) is 10.8. The van der Waals surface area contributed by atoms with E-state index < -0.39 is 6.09 Å². The van der Waals surface area contributed by atoms with Crippen molar-refractivity contribution in [1.29, 1.82) is 0 Å². The van der Waals surface area contributed by atoms with Crippen molar-refractivity contribution in [2.24, 2.45) is 0 Å². The maximum atomic E-state index is 12.9. The number of carbonyl (C=O) groups excluding carboxylic acids is 1. The average Bonchev–Trinajstić information content (AvgIpc) is 3.14. The van der Waals surface area contributed by atoms with Crippen LogP contribution in [0, 0.1) is 6.92 Å². The number of piperazine rings is 1. The fourth-order valence-electron chi connectivity index (χ4n) is 4.32. The highest BCUT2D eigenvalue weighted by Gasteiger charge is 2.26. The van der Waals surface area contributed by atoms with Gasteiger partial charge in [-0.25, -0.2) is 9.78 Å². The van der Waals surface area contributed by atoms with Gasteiger partial charge in [0.05, 0.1) is 11.7 Å². The molecule has 2 aliphatic rings. The van der Waals surface area contributed by atoms with Crippen LogP contribution in [0.1, 0.15) is 20.9 Å². The predicted molar refractivity (Wildman–Crippen MR) is 127 cm³/mol. The minimum Gasteiger partial charge on any atom is -0.491 e. The number of rotatable bonds is 3. The van der Waals surface area contributed by atoms with E-state index in [-0.39, 0.29) is 11.9 Å². The van der Waals surface area contributed by atoms with Crippen LogP contribution in [0.2, 0.25) is 0 Å². The van der Waals surface area contributed by atoms with E-state index >= 15 is 0 Å². The molecule has 1 saturated heterocycles. The Bertz CT molecular complexity index is 1240. The van der Waals surface area contributed by atoms with Gasteiger partial charge in [0.25, 0.3) is 5.91 Å². The molecule has 0 spiro atoms. The van der Waals surface area contributed by atoms with Crippen LogP contribution in [-0.4, -0.2) is 65.8 Å². The molecule has 2 amide bonds. The molecule has 0 bridgehead atoms. The number of nitrogens with one attached hydrogen (secondary N) is 1. The van der Waals surface area contributed by atoms with Crippen LogP contribution in [0.4, 0.5) is 16.2 Å². The molecule has 4 N–H and O–H groups in total. The summed E-state index contributed by atoms with van der Waals surface area (Å²) in [6.45, 7) is 4.54. The molecule has 0 aliphatic carbocycles. The van der Waals surface area contributed by atoms with Crippen molar-refractivity contribution in [1.82, 2.24) is 15.2 Å². The first kappa shape index (κ1) is 21.3. The van der Waals surface area contributed by atoms with E-state index in [0.29, 0.717) is 49.8 Å². The topological polar surface area (TPSA) is 121 Å². The number of thiophene rings is 1. The third-order valence-electron chi connectivity index (χ3n) is 6.15. The lowest BCUT2D eigenvalue weighted by atomic mass is 10.0. The number of anilines is 2. The number of nitrogens with two attached hydrogens (primary N) is 1. The second kappa shape index (κ2) is 8.43. The number of benzene rings is 1. The molecule has 172 valence electrons. The predicted octanol–water partition coefficient (Wildman–Crippen LogP) is 2.72. The number of fused-ring (bicyclic) bond motifs is 2. The molecule has 0 radical (unpaired) electrons. The first-order valence-corrected chi connectivity index (χ1v) is 11.7. The van der Waals surface area contributed by atoms with Crippen molar-refractivity contribution in [2.45, 2.75) is 19.4 Å². The van der Waals surface area contributed by atoms with Gasteiger partial charge >= 0.3 is 6.09 Å². The Balaban J connectivity index is 1.25. The van der Waals surface area contributed by atoms with Crippen LogP contribution in [0.25, 0.3) is 10.2 Å². The molecule has 2 aliphatic heterocycles. The Kier molecular flexibility index (Phi) is 5.45. The highest BCUT2D eigenvalue weighted by atomic mass is 32.1. The maximum absolute atomic E-state index is 12.9. The van der Waals surface area contributed by atoms with E-state index in [1.807, 2.05) is 37.3 Å². The number of hydrogen-bond donors (Lipinski definition) is 3. The van der Waals surface area contributed by atoms with E-state index in [9.17, 15) is 9.59 Å². The first-order chi connectivity index (χ1) is 15.9. The molecule has 2 aromatic heterocycles. The Morgan fingerprint density at radius 1 is 1.21 bits per heavy atom. The summed E-state index contributed by atoms with van der Waals surface area (Å²) in [5.41, 5.74) is 9.62. The van der Waals surface area contributed by atoms with Gasteiger partial charge in [0.1, 0.15) is 22.1 Å². The van der Waals surface area contributed by atoms with Gasteiger partial charge in [-0.15, -0.1) is 11.3 Å². The normalized spacial score (nSPS) is 18.0. The zero-order valence-electron chi connectivity index (χ0n) is 18.2. The van der Waals surface area contributed by atoms with Crippen molar-refractivity contribution in [3.8, 4) is 5.75 Å². The van der Waals surface area contributed by atoms with Gasteiger partial charge in [0.2, 0.25) is 0 Å². The van der Waals surface area contributed by atoms with Crippen LogP contribution >= 0.6 is 11.3 Å². The number of pyridine rings is 1. The summed E-state index contributed by atoms with van der Waals surface area (Å²) in [6, 6.07) is 9.68. The third kappa shape index (κ3) is 4.13. The van der Waals surface area contributed by atoms with Crippen molar-refractivity contribution >= 4 is 44.9 Å². The lowest BCUT2D eigenvalue weighted by Crippen LogP contribution is -2.48. The Hall–Kier alpha value is -3.53. The minimum absolute atomic E-state index is 0.158. The van der Waals surface area contributed by atoms with Gasteiger partial charge in [-0.2, -0.15) is 0 Å². The molecule has 4 heterocycles. The number of nitrogen functional groups attached to an aromatic ring is 1. The second-order valence-electron chi connectivity index (χ2n) is 8.38. The smallest absolute Gasteiger partial charge is 0.407 e. The van der Waals surface area contributed by atoms with E-state index in [1.54, 1.807) is 0 Å². The van der Waals surface area contributed by atoms with Crippen molar-refractivity contribution < 1.29 is 19.4 Å². The van der Waals surface area contributed by atoms with Crippen molar-refractivity contribution in [3.05, 3.63) is 46.5 Å². The number of hydrogen-bond acceptors (Lipinski definition) is 7. The number of amides is 2. The fraction of sp³-hybridized carbons (Fsp3) is 0.348. The maximum Gasteiger partial charge on any atom is 0.407 e. The molecule has 0 saturated carbocycles. The van der Waals surface area contributed by atoms with Crippen LogP contribution < -0.4 is 20.7 Å². The summed E-state index contributed by atoms with van der Waals surface area (Å²) in [7, 11) is 0. The highest BCUT2D eigenvalue weighted by molar-refractivity contribution is 7.21. The van der Waals surface area contributed by atoms with E-state index in [0.717, 1.165) is 32.9 Å². The van der Waals surface area contributed by atoms with Gasteiger partial charge in [-0.05, 0) is 37.1 Å². The number of carbonyl (C=O) groups is 2. The molecule has 9 nitrogen and oxygen atoms in total. The number of ether oxygens (including phenoxy) is 1. The molecule has 1 atom stereocenters. The average molecular weight is 468 g/mol. The summed E-state index contributed by atoms with van der Waals surface area (Å²) in [5, 5.41) is 13.0. The zero-order valence-corrected chi connectivity index (χ0v) is 19.0. The van der Waals surface area contributed by atoms with Gasteiger partial charge in [0, 0.05) is 49.0 Å². The Morgan fingerprint density at radius 2 is 2.00 bits per heavy atom. The molecule has 0 unspecified atom stereocenters. The number of carboxylic acid groups (broad SMARTS) is 1. The molecular formula is C23H25N5O4S. The molecule has 1 fully saturated rings. The SMILES string of the molecule is Cc1ccc2c(N)c(C(=O)N[C@H]3COc4cc(N5CCN(C(=O)O)CC5)ccc4C3)sc2n1. The summed E-state index contributed by atoms with van der Waals surface area (Å²) >= 11 is 1.31. The summed E-state index contributed by atoms with van der Waals surface area (Å²) in [4.78, 5) is 33.3. The largest absolute Gasteiger partial charge is 0.491 e. The standard InChI is InChI=1S/C23H25N5O4S/c1-13-2-5-17-19(24)20(33-22(17)25-13)21(29)26-15-10-14-3-4-16(11-18(14)32-12-15)27-6-8-28(9-7-27)23(30)31/h2-5,11,15H,6-10,12,24H2,1H3,(H,26,29)(H,30,31)/t15-/m1/s1. The number of aryl methyl sites for hydroxylation is 1. The Labute approximate surface area is 194 Å². The summed E-state index contributed by atoms with van der Waals surface area (Å²) in [5.74, 6) is 0.595. The zero-order chi connectivity index (χ0) is 23.1. The summed E-state index contributed by atoms with van der Waals surface area (Å²) in [6.07, 6.45) is -0.212. The van der Waals surface area contributed by atoms with Crippen LogP contribution in [0.5, 0.6) is 5.75 Å². The van der Waals surface area contributed by atoms with Gasteiger partial charge < -0.3 is 30.7 Å².